The van der Waals surface area contributed by atoms with Crippen molar-refractivity contribution in [2.24, 2.45) is 0 Å². The number of aromatic amines is 1. The van der Waals surface area contributed by atoms with Gasteiger partial charge in [0.15, 0.2) is 0 Å². The molecule has 0 radical (unpaired) electrons. The van der Waals surface area contributed by atoms with Gasteiger partial charge in [-0.05, 0) is 12.8 Å². The zero-order valence-electron chi connectivity index (χ0n) is 16.1. The maximum absolute atomic E-state index is 13.3. The van der Waals surface area contributed by atoms with E-state index in [-0.39, 0.29) is 11.6 Å². The molecule has 7 nitrogen and oxygen atoms in total. The van der Waals surface area contributed by atoms with Crippen LogP contribution in [-0.4, -0.2) is 39.8 Å². The highest BCUT2D eigenvalue weighted by Crippen LogP contribution is 2.27. The number of fused-ring (bicyclic) bond motifs is 2. The van der Waals surface area contributed by atoms with Crippen LogP contribution in [0.25, 0.3) is 0 Å². The van der Waals surface area contributed by atoms with Crippen molar-refractivity contribution in [3.8, 4) is 0 Å². The van der Waals surface area contributed by atoms with Crippen LogP contribution in [0.5, 0.6) is 0 Å². The Morgan fingerprint density at radius 2 is 1.93 bits per heavy atom. The number of rotatable bonds is 7. The average molecular weight is 379 g/mol. The number of hydrogen-bond donors (Lipinski definition) is 1. The summed E-state index contributed by atoms with van der Waals surface area (Å²) in [6.45, 7) is 3.59. The molecule has 4 rings (SSSR count). The number of nitrogens with zero attached hydrogens (tertiary/aromatic N) is 3. The summed E-state index contributed by atoms with van der Waals surface area (Å²) in [7, 11) is 1.63. The smallest absolute Gasteiger partial charge is 0.254 e. The highest BCUT2D eigenvalue weighted by atomic mass is 16.5. The van der Waals surface area contributed by atoms with Gasteiger partial charge in [-0.3, -0.25) is 9.59 Å². The second-order valence-corrected chi connectivity index (χ2v) is 6.91. The number of nitrogens with one attached hydrogen (secondary N) is 1. The van der Waals surface area contributed by atoms with Crippen molar-refractivity contribution in [3.63, 3.8) is 0 Å². The van der Waals surface area contributed by atoms with Crippen molar-refractivity contribution in [2.75, 3.05) is 13.7 Å². The van der Waals surface area contributed by atoms with Crippen molar-refractivity contribution in [3.05, 3.63) is 70.8 Å². The molecule has 2 heterocycles. The van der Waals surface area contributed by atoms with Crippen LogP contribution in [0, 0.1) is 6.92 Å². The van der Waals surface area contributed by atoms with Gasteiger partial charge in [-0.15, -0.1) is 0 Å². The summed E-state index contributed by atoms with van der Waals surface area (Å²) < 4.78 is 9.12. The van der Waals surface area contributed by atoms with Crippen molar-refractivity contribution < 1.29 is 18.9 Å². The summed E-state index contributed by atoms with van der Waals surface area (Å²) in [6.07, 6.45) is 5.16. The second-order valence-electron chi connectivity index (χ2n) is 6.91. The van der Waals surface area contributed by atoms with Crippen LogP contribution in [0.1, 0.15) is 50.0 Å². The number of H-pyrrole nitrogens is 1. The van der Waals surface area contributed by atoms with Crippen molar-refractivity contribution in [1.82, 2.24) is 14.5 Å². The zero-order chi connectivity index (χ0) is 19.7. The van der Waals surface area contributed by atoms with Crippen LogP contribution in [0.2, 0.25) is 0 Å². The molecule has 1 N–H and O–H groups in total. The molecule has 0 saturated carbocycles. The van der Waals surface area contributed by atoms with E-state index in [9.17, 15) is 9.59 Å². The maximum atomic E-state index is 13.3. The van der Waals surface area contributed by atoms with E-state index in [4.69, 9.17) is 4.74 Å². The number of aryl methyl sites for hydroxylation is 1. The molecule has 0 unspecified atom stereocenters. The normalized spacial score (nSPS) is 12.9. The Kier molecular flexibility index (Phi) is 4.92. The molecule has 0 bridgehead atoms. The van der Waals surface area contributed by atoms with Crippen molar-refractivity contribution in [2.45, 2.75) is 32.9 Å². The molecule has 1 aromatic carbocycles. The molecule has 28 heavy (non-hydrogen) atoms. The van der Waals surface area contributed by atoms with Crippen molar-refractivity contribution in [1.29, 1.82) is 0 Å². The summed E-state index contributed by atoms with van der Waals surface area (Å²) in [5.74, 6) is 0.693. The Labute approximate surface area is 163 Å². The van der Waals surface area contributed by atoms with Crippen molar-refractivity contribution >= 4 is 11.6 Å². The van der Waals surface area contributed by atoms with E-state index in [0.717, 1.165) is 24.4 Å². The van der Waals surface area contributed by atoms with Gasteiger partial charge in [-0.25, -0.2) is 14.1 Å². The largest absolute Gasteiger partial charge is 0.381 e. The molecular formula is C21H23N4O3+. The topological polar surface area (TPSA) is 80.9 Å². The van der Waals surface area contributed by atoms with Gasteiger partial charge in [0, 0.05) is 31.4 Å². The van der Waals surface area contributed by atoms with E-state index in [1.54, 1.807) is 37.7 Å². The van der Waals surface area contributed by atoms with Gasteiger partial charge in [-0.2, -0.15) is 0 Å². The Morgan fingerprint density at radius 1 is 1.18 bits per heavy atom. The van der Waals surface area contributed by atoms with Gasteiger partial charge < -0.3 is 9.72 Å². The molecule has 0 fully saturated rings. The van der Waals surface area contributed by atoms with Crippen LogP contribution in [0.4, 0.5) is 0 Å². The fraction of sp³-hybridized carbons (Fsp3) is 0.333. The first kappa shape index (κ1) is 18.3. The zero-order valence-corrected chi connectivity index (χ0v) is 16.1. The molecule has 0 atom stereocenters. The minimum Gasteiger partial charge on any atom is -0.381 e. The van der Waals surface area contributed by atoms with Gasteiger partial charge in [0.25, 0.3) is 5.82 Å². The summed E-state index contributed by atoms with van der Waals surface area (Å²) in [4.78, 5) is 33.7. The standard InChI is InChI=1S/C21H23N4O3/c1-14-24(9-5-6-15-12-22-13-23-15)18-19(25(14)10-11-28-2)21(27)17-8-4-3-7-16(17)20(18)26/h3-4,7-8,12-13H,5-6,9-11H2,1-2H3,(H,22,23)/q+1. The summed E-state index contributed by atoms with van der Waals surface area (Å²) in [6, 6.07) is 7.05. The van der Waals surface area contributed by atoms with E-state index in [1.807, 2.05) is 22.3 Å². The van der Waals surface area contributed by atoms with Gasteiger partial charge in [-0.1, -0.05) is 24.3 Å². The van der Waals surface area contributed by atoms with E-state index >= 15 is 0 Å². The van der Waals surface area contributed by atoms with E-state index < -0.39 is 0 Å². The molecule has 7 heteroatoms. The summed E-state index contributed by atoms with van der Waals surface area (Å²) in [5, 5.41) is 0. The number of benzene rings is 1. The lowest BCUT2D eigenvalue weighted by Crippen LogP contribution is -2.44. The van der Waals surface area contributed by atoms with E-state index in [1.165, 1.54) is 0 Å². The number of ether oxygens (including phenoxy) is 1. The van der Waals surface area contributed by atoms with Crippen LogP contribution in [-0.2, 0) is 24.2 Å². The lowest BCUT2D eigenvalue weighted by Gasteiger charge is -2.12. The van der Waals surface area contributed by atoms with Crippen LogP contribution in [0.3, 0.4) is 0 Å². The molecular weight excluding hydrogens is 356 g/mol. The minimum absolute atomic E-state index is 0.0933. The first-order valence-corrected chi connectivity index (χ1v) is 9.41. The van der Waals surface area contributed by atoms with Gasteiger partial charge in [0.05, 0.1) is 25.2 Å². The number of hydrogen-bond acceptors (Lipinski definition) is 4. The molecule has 1 aliphatic carbocycles. The summed E-state index contributed by atoms with van der Waals surface area (Å²) >= 11 is 0. The highest BCUT2D eigenvalue weighted by molar-refractivity contribution is 6.26. The predicted octanol–water partition coefficient (Wildman–Crippen LogP) is 1.86. The molecule has 0 amide bonds. The molecule has 0 spiro atoms. The Bertz CT molecular complexity index is 1030. The molecule has 0 saturated heterocycles. The number of carbonyl (C=O) groups excluding carboxylic acids is 2. The van der Waals surface area contributed by atoms with Gasteiger partial charge in [0.1, 0.15) is 6.54 Å². The third-order valence-electron chi connectivity index (χ3n) is 5.28. The minimum atomic E-state index is -0.101. The van der Waals surface area contributed by atoms with Gasteiger partial charge >= 0.3 is 0 Å². The average Bonchev–Trinajstić information content (AvgIpc) is 3.32. The summed E-state index contributed by atoms with van der Waals surface area (Å²) in [5.41, 5.74) is 2.89. The monoisotopic (exact) mass is 379 g/mol. The number of carbonyl (C=O) groups is 2. The van der Waals surface area contributed by atoms with Crippen LogP contribution >= 0.6 is 0 Å². The van der Waals surface area contributed by atoms with Crippen LogP contribution in [0.15, 0.2) is 36.8 Å². The fourth-order valence-corrected chi connectivity index (χ4v) is 3.90. The molecule has 0 aliphatic heterocycles. The second kappa shape index (κ2) is 7.52. The number of ketones is 2. The predicted molar refractivity (Wildman–Crippen MR) is 101 cm³/mol. The molecule has 1 aliphatic rings. The lowest BCUT2D eigenvalue weighted by molar-refractivity contribution is -0.705. The van der Waals surface area contributed by atoms with Crippen LogP contribution < -0.4 is 4.57 Å². The SMILES string of the molecule is COCC[n+]1c2c(n(CCCc3c[nH]cn3)c1C)C(=O)c1ccccc1C2=O. The van der Waals surface area contributed by atoms with Gasteiger partial charge in [0.2, 0.25) is 23.0 Å². The molecule has 3 aromatic rings. The highest BCUT2D eigenvalue weighted by Gasteiger charge is 2.42. The third kappa shape index (κ3) is 2.97. The van der Waals surface area contributed by atoms with E-state index in [2.05, 4.69) is 9.97 Å². The quantitative estimate of drug-likeness (QED) is 0.497. The number of methoxy groups -OCH3 is 1. The third-order valence-corrected chi connectivity index (χ3v) is 5.28. The number of imidazole rings is 2. The maximum Gasteiger partial charge on any atom is 0.254 e. The molecule has 144 valence electrons. The first-order valence-electron chi connectivity index (χ1n) is 9.41. The van der Waals surface area contributed by atoms with E-state index in [0.29, 0.717) is 42.2 Å². The molecule has 2 aromatic heterocycles. The lowest BCUT2D eigenvalue weighted by atomic mass is 9.90. The number of aromatic nitrogens is 4. The Hall–Kier alpha value is -3.06. The fourth-order valence-electron chi connectivity index (χ4n) is 3.90. The Balaban J connectivity index is 1.75. The first-order chi connectivity index (χ1) is 13.6. The Morgan fingerprint density at radius 3 is 2.61 bits per heavy atom.